The molecule has 96 valence electrons. The summed E-state index contributed by atoms with van der Waals surface area (Å²) in [6.07, 6.45) is 8.09. The average Bonchev–Trinajstić information content (AvgIpc) is 2.79. The molecule has 0 radical (unpaired) electrons. The third-order valence-electron chi connectivity index (χ3n) is 3.33. The number of rotatable bonds is 5. The first-order chi connectivity index (χ1) is 8.29. The highest BCUT2D eigenvalue weighted by atomic mass is 16.5. The Bertz CT molecular complexity index is 331. The standard InChI is InChI=1S/C13H23N3O/c1-3-14-11(2)12-8-15-16(9-12)10-13-6-4-5-7-17-13/h8-9,11,13-14H,3-7,10H2,1-2H3. The number of hydrogen-bond acceptors (Lipinski definition) is 3. The van der Waals surface area contributed by atoms with Crippen LogP contribution in [0.1, 0.15) is 44.7 Å². The van der Waals surface area contributed by atoms with Crippen molar-refractivity contribution >= 4 is 0 Å². The van der Waals surface area contributed by atoms with Crippen LogP contribution in [0, 0.1) is 0 Å². The summed E-state index contributed by atoms with van der Waals surface area (Å²) < 4.78 is 7.74. The molecule has 2 rings (SSSR count). The summed E-state index contributed by atoms with van der Waals surface area (Å²) >= 11 is 0. The molecule has 4 nitrogen and oxygen atoms in total. The topological polar surface area (TPSA) is 39.1 Å². The SMILES string of the molecule is CCNC(C)c1cnn(CC2CCCCO2)c1. The second-order valence-corrected chi connectivity index (χ2v) is 4.76. The van der Waals surface area contributed by atoms with Crippen molar-refractivity contribution in [1.82, 2.24) is 15.1 Å². The molecule has 1 aliphatic heterocycles. The van der Waals surface area contributed by atoms with Crippen LogP contribution in [0.2, 0.25) is 0 Å². The van der Waals surface area contributed by atoms with Crippen molar-refractivity contribution in [3.05, 3.63) is 18.0 Å². The zero-order valence-electron chi connectivity index (χ0n) is 10.9. The molecule has 17 heavy (non-hydrogen) atoms. The maximum atomic E-state index is 5.72. The second kappa shape index (κ2) is 6.17. The van der Waals surface area contributed by atoms with Gasteiger partial charge in [-0.3, -0.25) is 4.68 Å². The lowest BCUT2D eigenvalue weighted by molar-refractivity contribution is 0.00398. The fourth-order valence-corrected chi connectivity index (χ4v) is 2.29. The summed E-state index contributed by atoms with van der Waals surface area (Å²) in [7, 11) is 0. The van der Waals surface area contributed by atoms with Gasteiger partial charge in [0.15, 0.2) is 0 Å². The van der Waals surface area contributed by atoms with Gasteiger partial charge in [0.05, 0.1) is 18.8 Å². The fraction of sp³-hybridized carbons (Fsp3) is 0.769. The van der Waals surface area contributed by atoms with Gasteiger partial charge in [-0.2, -0.15) is 5.10 Å². The van der Waals surface area contributed by atoms with Gasteiger partial charge in [-0.1, -0.05) is 6.92 Å². The predicted molar refractivity (Wildman–Crippen MR) is 67.9 cm³/mol. The van der Waals surface area contributed by atoms with E-state index in [9.17, 15) is 0 Å². The molecule has 4 heteroatoms. The summed E-state index contributed by atoms with van der Waals surface area (Å²) in [5.74, 6) is 0. The van der Waals surface area contributed by atoms with E-state index >= 15 is 0 Å². The zero-order chi connectivity index (χ0) is 12.1. The highest BCUT2D eigenvalue weighted by Gasteiger charge is 2.15. The Kier molecular flexibility index (Phi) is 4.57. The molecule has 2 heterocycles. The third-order valence-corrected chi connectivity index (χ3v) is 3.33. The van der Waals surface area contributed by atoms with Gasteiger partial charge in [0.1, 0.15) is 0 Å². The molecule has 1 aromatic rings. The Hall–Kier alpha value is -0.870. The van der Waals surface area contributed by atoms with Gasteiger partial charge >= 0.3 is 0 Å². The van der Waals surface area contributed by atoms with Crippen LogP contribution in [0.25, 0.3) is 0 Å². The lowest BCUT2D eigenvalue weighted by Gasteiger charge is -2.22. The number of aromatic nitrogens is 2. The van der Waals surface area contributed by atoms with Gasteiger partial charge in [-0.05, 0) is 32.7 Å². The number of hydrogen-bond donors (Lipinski definition) is 1. The largest absolute Gasteiger partial charge is 0.376 e. The van der Waals surface area contributed by atoms with E-state index in [0.717, 1.165) is 26.1 Å². The summed E-state index contributed by atoms with van der Waals surface area (Å²) in [6, 6.07) is 0.376. The van der Waals surface area contributed by atoms with Crippen LogP contribution in [-0.2, 0) is 11.3 Å². The molecule has 0 spiro atoms. The van der Waals surface area contributed by atoms with Crippen LogP contribution in [0.5, 0.6) is 0 Å². The molecule has 1 fully saturated rings. The Balaban J connectivity index is 1.88. The Morgan fingerprint density at radius 1 is 1.59 bits per heavy atom. The first kappa shape index (κ1) is 12.6. The second-order valence-electron chi connectivity index (χ2n) is 4.76. The van der Waals surface area contributed by atoms with Crippen LogP contribution in [0.15, 0.2) is 12.4 Å². The number of nitrogens with one attached hydrogen (secondary N) is 1. The van der Waals surface area contributed by atoms with E-state index in [1.165, 1.54) is 18.4 Å². The van der Waals surface area contributed by atoms with Crippen LogP contribution in [0.4, 0.5) is 0 Å². The molecular formula is C13H23N3O. The molecule has 1 N–H and O–H groups in total. The van der Waals surface area contributed by atoms with Gasteiger partial charge in [-0.25, -0.2) is 0 Å². The molecule has 0 saturated carbocycles. The highest BCUT2D eigenvalue weighted by molar-refractivity contribution is 5.09. The lowest BCUT2D eigenvalue weighted by Crippen LogP contribution is -2.24. The van der Waals surface area contributed by atoms with Crippen molar-refractivity contribution in [1.29, 1.82) is 0 Å². The molecule has 2 unspecified atom stereocenters. The average molecular weight is 237 g/mol. The Morgan fingerprint density at radius 2 is 2.47 bits per heavy atom. The maximum Gasteiger partial charge on any atom is 0.0770 e. The summed E-state index contributed by atoms with van der Waals surface area (Å²) in [6.45, 7) is 7.07. The van der Waals surface area contributed by atoms with E-state index < -0.39 is 0 Å². The van der Waals surface area contributed by atoms with Gasteiger partial charge < -0.3 is 10.1 Å². The molecular weight excluding hydrogens is 214 g/mol. The summed E-state index contributed by atoms with van der Waals surface area (Å²) in [5, 5.41) is 7.80. The molecule has 2 atom stereocenters. The van der Waals surface area contributed by atoms with E-state index in [2.05, 4.69) is 30.5 Å². The van der Waals surface area contributed by atoms with E-state index in [0.29, 0.717) is 12.1 Å². The van der Waals surface area contributed by atoms with Crippen LogP contribution < -0.4 is 5.32 Å². The molecule has 1 saturated heterocycles. The van der Waals surface area contributed by atoms with Crippen molar-refractivity contribution in [2.75, 3.05) is 13.2 Å². The maximum absolute atomic E-state index is 5.72. The van der Waals surface area contributed by atoms with Crippen LogP contribution in [0.3, 0.4) is 0 Å². The molecule has 0 amide bonds. The minimum Gasteiger partial charge on any atom is -0.376 e. The van der Waals surface area contributed by atoms with Crippen molar-refractivity contribution in [3.63, 3.8) is 0 Å². The van der Waals surface area contributed by atoms with E-state index in [1.54, 1.807) is 0 Å². The zero-order valence-corrected chi connectivity index (χ0v) is 10.9. The molecule has 0 bridgehead atoms. The molecule has 1 aliphatic rings. The molecule has 0 aromatic carbocycles. The smallest absolute Gasteiger partial charge is 0.0770 e. The van der Waals surface area contributed by atoms with E-state index in [1.807, 2.05) is 10.9 Å². The predicted octanol–water partition coefficient (Wildman–Crippen LogP) is 2.12. The number of ether oxygens (including phenoxy) is 1. The summed E-state index contributed by atoms with van der Waals surface area (Å²) in [5.41, 5.74) is 1.25. The molecule has 1 aromatic heterocycles. The normalized spacial score (nSPS) is 22.6. The molecule has 0 aliphatic carbocycles. The quantitative estimate of drug-likeness (QED) is 0.852. The number of nitrogens with zero attached hydrogens (tertiary/aromatic N) is 2. The minimum atomic E-state index is 0.353. The fourth-order valence-electron chi connectivity index (χ4n) is 2.29. The van der Waals surface area contributed by atoms with Crippen molar-refractivity contribution in [2.45, 2.75) is 51.8 Å². The minimum absolute atomic E-state index is 0.353. The third kappa shape index (κ3) is 3.54. The Morgan fingerprint density at radius 3 is 3.18 bits per heavy atom. The van der Waals surface area contributed by atoms with Crippen LogP contribution >= 0.6 is 0 Å². The Labute approximate surface area is 103 Å². The van der Waals surface area contributed by atoms with Crippen molar-refractivity contribution < 1.29 is 4.74 Å². The van der Waals surface area contributed by atoms with Crippen LogP contribution in [-0.4, -0.2) is 29.0 Å². The van der Waals surface area contributed by atoms with Crippen molar-refractivity contribution in [3.8, 4) is 0 Å². The van der Waals surface area contributed by atoms with Crippen molar-refractivity contribution in [2.24, 2.45) is 0 Å². The first-order valence-electron chi connectivity index (χ1n) is 6.67. The lowest BCUT2D eigenvalue weighted by atomic mass is 10.1. The van der Waals surface area contributed by atoms with Gasteiger partial charge in [0.25, 0.3) is 0 Å². The van der Waals surface area contributed by atoms with E-state index in [-0.39, 0.29) is 0 Å². The van der Waals surface area contributed by atoms with Gasteiger partial charge in [0.2, 0.25) is 0 Å². The monoisotopic (exact) mass is 237 g/mol. The van der Waals surface area contributed by atoms with Gasteiger partial charge in [-0.15, -0.1) is 0 Å². The van der Waals surface area contributed by atoms with Gasteiger partial charge in [0, 0.05) is 24.4 Å². The van der Waals surface area contributed by atoms with E-state index in [4.69, 9.17) is 4.74 Å². The summed E-state index contributed by atoms with van der Waals surface area (Å²) in [4.78, 5) is 0. The first-order valence-corrected chi connectivity index (χ1v) is 6.67. The highest BCUT2D eigenvalue weighted by Crippen LogP contribution is 2.16.